The van der Waals surface area contributed by atoms with Crippen LogP contribution < -0.4 is 0 Å². The molecule has 0 saturated carbocycles. The summed E-state index contributed by atoms with van der Waals surface area (Å²) in [5.41, 5.74) is -0.586. The van der Waals surface area contributed by atoms with Gasteiger partial charge in [-0.25, -0.2) is 13.2 Å². The number of nitrogens with zero attached hydrogens (tertiary/aromatic N) is 1. The minimum Gasteiger partial charge on any atom is -0.477 e. The summed E-state index contributed by atoms with van der Waals surface area (Å²) in [5.74, 6) is -1.13. The monoisotopic (exact) mass is 305 g/mol. The van der Waals surface area contributed by atoms with E-state index >= 15 is 0 Å². The molecule has 0 aromatic carbocycles. The standard InChI is InChI=1S/C11H15NO5S2/c1-7-5-8(18-9(7)10(13)14)19(16,17)12-4-3-11(2,15)6-12/h5,15H,3-4,6H2,1-2H3,(H,13,14). The van der Waals surface area contributed by atoms with Gasteiger partial charge in [0.25, 0.3) is 10.0 Å². The molecule has 8 heteroatoms. The first-order valence-corrected chi connectivity index (χ1v) is 7.95. The highest BCUT2D eigenvalue weighted by molar-refractivity contribution is 7.91. The summed E-state index contributed by atoms with van der Waals surface area (Å²) in [6.07, 6.45) is 0.377. The van der Waals surface area contributed by atoms with Crippen LogP contribution in [0.2, 0.25) is 0 Å². The fourth-order valence-electron chi connectivity index (χ4n) is 2.03. The third-order valence-corrected chi connectivity index (χ3v) is 6.62. The lowest BCUT2D eigenvalue weighted by atomic mass is 10.1. The highest BCUT2D eigenvalue weighted by atomic mass is 32.2. The van der Waals surface area contributed by atoms with Crippen LogP contribution in [-0.4, -0.2) is 47.6 Å². The third-order valence-electron chi connectivity index (χ3n) is 3.10. The number of hydrogen-bond donors (Lipinski definition) is 2. The second kappa shape index (κ2) is 4.55. The number of rotatable bonds is 3. The van der Waals surface area contributed by atoms with Crippen molar-refractivity contribution in [1.29, 1.82) is 0 Å². The Balaban J connectivity index is 2.36. The third kappa shape index (κ3) is 2.66. The summed E-state index contributed by atoms with van der Waals surface area (Å²) in [5, 5.41) is 18.8. The van der Waals surface area contributed by atoms with Gasteiger partial charge in [0.1, 0.15) is 9.09 Å². The van der Waals surface area contributed by atoms with Crippen LogP contribution in [-0.2, 0) is 10.0 Å². The summed E-state index contributed by atoms with van der Waals surface area (Å²) < 4.78 is 25.9. The Hall–Kier alpha value is -0.960. The SMILES string of the molecule is Cc1cc(S(=O)(=O)N2CCC(C)(O)C2)sc1C(=O)O. The number of thiophene rings is 1. The molecule has 1 fully saturated rings. The Morgan fingerprint density at radius 3 is 2.58 bits per heavy atom. The van der Waals surface area contributed by atoms with Crippen LogP contribution in [0.4, 0.5) is 0 Å². The summed E-state index contributed by atoms with van der Waals surface area (Å²) >= 11 is 0.751. The molecule has 106 valence electrons. The van der Waals surface area contributed by atoms with Gasteiger partial charge in [0.2, 0.25) is 0 Å². The topological polar surface area (TPSA) is 94.9 Å². The van der Waals surface area contributed by atoms with Gasteiger partial charge in [-0.3, -0.25) is 0 Å². The van der Waals surface area contributed by atoms with E-state index in [-0.39, 0.29) is 22.2 Å². The maximum Gasteiger partial charge on any atom is 0.346 e. The largest absolute Gasteiger partial charge is 0.477 e. The summed E-state index contributed by atoms with van der Waals surface area (Å²) in [6.45, 7) is 3.44. The predicted octanol–water partition coefficient (Wildman–Crippen LogP) is 0.900. The number of carboxylic acid groups (broad SMARTS) is 1. The minimum atomic E-state index is -3.72. The molecule has 1 aromatic rings. The van der Waals surface area contributed by atoms with E-state index in [0.717, 1.165) is 11.3 Å². The predicted molar refractivity (Wildman–Crippen MR) is 70.0 cm³/mol. The van der Waals surface area contributed by atoms with Crippen molar-refractivity contribution in [2.75, 3.05) is 13.1 Å². The van der Waals surface area contributed by atoms with Crippen LogP contribution >= 0.6 is 11.3 Å². The van der Waals surface area contributed by atoms with Gasteiger partial charge in [0.15, 0.2) is 0 Å². The quantitative estimate of drug-likeness (QED) is 0.865. The molecule has 1 saturated heterocycles. The van der Waals surface area contributed by atoms with Crippen molar-refractivity contribution >= 4 is 27.3 Å². The average Bonchev–Trinajstić information content (AvgIpc) is 2.82. The molecule has 0 radical (unpaired) electrons. The summed E-state index contributed by atoms with van der Waals surface area (Å²) in [6, 6.07) is 1.37. The molecule has 1 aliphatic heterocycles. The van der Waals surface area contributed by atoms with E-state index in [1.54, 1.807) is 13.8 Å². The maximum absolute atomic E-state index is 12.3. The lowest BCUT2D eigenvalue weighted by Gasteiger charge is -2.17. The highest BCUT2D eigenvalue weighted by Crippen LogP contribution is 2.32. The van der Waals surface area contributed by atoms with Gasteiger partial charge in [0.05, 0.1) is 5.60 Å². The first kappa shape index (κ1) is 14.4. The van der Waals surface area contributed by atoms with E-state index in [4.69, 9.17) is 5.11 Å². The molecule has 0 spiro atoms. The minimum absolute atomic E-state index is 0.0140. The molecule has 2 N–H and O–H groups in total. The number of aryl methyl sites for hydroxylation is 1. The van der Waals surface area contributed by atoms with Crippen LogP contribution in [0.5, 0.6) is 0 Å². The van der Waals surface area contributed by atoms with Crippen molar-refractivity contribution < 1.29 is 23.4 Å². The number of aromatic carboxylic acids is 1. The van der Waals surface area contributed by atoms with Crippen molar-refractivity contribution in [1.82, 2.24) is 4.31 Å². The number of carboxylic acids is 1. The molecule has 0 amide bonds. The zero-order chi connectivity index (χ0) is 14.4. The van der Waals surface area contributed by atoms with Crippen molar-refractivity contribution in [3.05, 3.63) is 16.5 Å². The molecule has 19 heavy (non-hydrogen) atoms. The molecule has 0 aliphatic carbocycles. The summed E-state index contributed by atoms with van der Waals surface area (Å²) in [4.78, 5) is 11.0. The normalized spacial score (nSPS) is 24.8. The molecule has 2 heterocycles. The van der Waals surface area contributed by atoms with E-state index in [9.17, 15) is 18.3 Å². The van der Waals surface area contributed by atoms with Gasteiger partial charge in [-0.05, 0) is 31.9 Å². The lowest BCUT2D eigenvalue weighted by Crippen LogP contribution is -2.33. The Bertz CT molecular complexity index is 617. The van der Waals surface area contributed by atoms with Crippen molar-refractivity contribution in [3.8, 4) is 0 Å². The Kier molecular flexibility index (Phi) is 3.46. The van der Waals surface area contributed by atoms with Crippen LogP contribution in [0.15, 0.2) is 10.3 Å². The number of carbonyl (C=O) groups is 1. The Morgan fingerprint density at radius 1 is 1.53 bits per heavy atom. The zero-order valence-corrected chi connectivity index (χ0v) is 12.2. The maximum atomic E-state index is 12.3. The lowest BCUT2D eigenvalue weighted by molar-refractivity contribution is 0.0700. The second-order valence-corrected chi connectivity index (χ2v) is 8.19. The smallest absolute Gasteiger partial charge is 0.346 e. The van der Waals surface area contributed by atoms with Gasteiger partial charge >= 0.3 is 5.97 Å². The second-order valence-electron chi connectivity index (χ2n) is 4.97. The van der Waals surface area contributed by atoms with Crippen LogP contribution in [0.1, 0.15) is 28.6 Å². The molecular weight excluding hydrogens is 290 g/mol. The Labute approximate surface area is 115 Å². The molecule has 6 nitrogen and oxygen atoms in total. The first-order valence-electron chi connectivity index (χ1n) is 5.70. The van der Waals surface area contributed by atoms with E-state index in [0.29, 0.717) is 12.0 Å². The van der Waals surface area contributed by atoms with Crippen molar-refractivity contribution in [2.24, 2.45) is 0 Å². The Morgan fingerprint density at radius 2 is 2.16 bits per heavy atom. The van der Waals surface area contributed by atoms with Gasteiger partial charge < -0.3 is 10.2 Å². The fraction of sp³-hybridized carbons (Fsp3) is 0.545. The zero-order valence-electron chi connectivity index (χ0n) is 10.6. The van der Waals surface area contributed by atoms with E-state index < -0.39 is 21.6 Å². The number of β-amino-alcohol motifs (C(OH)–C–C–N with tert-alkyl or cyclic N) is 1. The van der Waals surface area contributed by atoms with E-state index in [1.807, 2.05) is 0 Å². The number of hydrogen-bond acceptors (Lipinski definition) is 5. The molecule has 1 unspecified atom stereocenters. The first-order chi connectivity index (χ1) is 8.63. The van der Waals surface area contributed by atoms with Crippen LogP contribution in [0.3, 0.4) is 0 Å². The van der Waals surface area contributed by atoms with Crippen LogP contribution in [0.25, 0.3) is 0 Å². The molecule has 1 aromatic heterocycles. The van der Waals surface area contributed by atoms with Gasteiger partial charge in [-0.15, -0.1) is 11.3 Å². The average molecular weight is 305 g/mol. The molecule has 0 bridgehead atoms. The number of sulfonamides is 1. The number of aliphatic hydroxyl groups is 1. The van der Waals surface area contributed by atoms with Gasteiger partial charge in [0, 0.05) is 13.1 Å². The highest BCUT2D eigenvalue weighted by Gasteiger charge is 2.39. The van der Waals surface area contributed by atoms with Crippen molar-refractivity contribution in [3.63, 3.8) is 0 Å². The van der Waals surface area contributed by atoms with E-state index in [1.165, 1.54) is 10.4 Å². The van der Waals surface area contributed by atoms with Gasteiger partial charge in [-0.1, -0.05) is 0 Å². The van der Waals surface area contributed by atoms with Gasteiger partial charge in [-0.2, -0.15) is 4.31 Å². The van der Waals surface area contributed by atoms with Crippen LogP contribution in [0, 0.1) is 6.92 Å². The molecule has 1 atom stereocenters. The summed E-state index contributed by atoms with van der Waals surface area (Å²) in [7, 11) is -3.72. The van der Waals surface area contributed by atoms with Crippen molar-refractivity contribution in [2.45, 2.75) is 30.1 Å². The molecule has 2 rings (SSSR count). The fourth-order valence-corrected chi connectivity index (χ4v) is 5.12. The molecule has 1 aliphatic rings. The molecular formula is C11H15NO5S2. The van der Waals surface area contributed by atoms with E-state index in [2.05, 4.69) is 0 Å².